The van der Waals surface area contributed by atoms with Gasteiger partial charge in [0, 0.05) is 25.1 Å². The van der Waals surface area contributed by atoms with Crippen molar-refractivity contribution in [2.24, 2.45) is 5.92 Å². The largest absolute Gasteiger partial charge is 0.316 e. The van der Waals surface area contributed by atoms with Crippen LogP contribution in [0, 0.1) is 29.2 Å². The summed E-state index contributed by atoms with van der Waals surface area (Å²) in [5.74, 6) is -7.12. The van der Waals surface area contributed by atoms with E-state index in [4.69, 9.17) is 0 Å². The van der Waals surface area contributed by atoms with E-state index in [0.29, 0.717) is 0 Å². The molecule has 2 rings (SSSR count). The highest BCUT2D eigenvalue weighted by molar-refractivity contribution is 5.26. The summed E-state index contributed by atoms with van der Waals surface area (Å²) in [4.78, 5) is 0. The van der Waals surface area contributed by atoms with E-state index in [2.05, 4.69) is 5.32 Å². The van der Waals surface area contributed by atoms with Crippen molar-refractivity contribution in [3.63, 3.8) is 0 Å². The molecule has 16 heavy (non-hydrogen) atoms. The average molecular weight is 237 g/mol. The van der Waals surface area contributed by atoms with E-state index < -0.39 is 40.9 Å². The van der Waals surface area contributed by atoms with Crippen molar-refractivity contribution >= 4 is 0 Å². The van der Waals surface area contributed by atoms with Gasteiger partial charge < -0.3 is 5.32 Å². The molecular formula is C10H8F5N. The number of hydrogen-bond donors (Lipinski definition) is 1. The second-order valence-corrected chi connectivity index (χ2v) is 3.70. The number of alkyl halides is 1. The minimum atomic E-state index is -2.04. The SMILES string of the molecule is Fc1cc(F)c(F)c(C(F)C2CNC2)c1F. The van der Waals surface area contributed by atoms with Crippen LogP contribution >= 0.6 is 0 Å². The number of nitrogens with one attached hydrogen (secondary N) is 1. The van der Waals surface area contributed by atoms with Crippen LogP contribution in [0.25, 0.3) is 0 Å². The molecule has 1 aromatic carbocycles. The Balaban J connectivity index is 2.45. The van der Waals surface area contributed by atoms with Crippen LogP contribution in [0.1, 0.15) is 11.7 Å². The van der Waals surface area contributed by atoms with Gasteiger partial charge in [0.1, 0.15) is 6.17 Å². The van der Waals surface area contributed by atoms with Gasteiger partial charge in [-0.1, -0.05) is 0 Å². The molecule has 0 radical (unpaired) electrons. The Morgan fingerprint density at radius 3 is 1.94 bits per heavy atom. The van der Waals surface area contributed by atoms with E-state index in [1.54, 1.807) is 0 Å². The van der Waals surface area contributed by atoms with Gasteiger partial charge >= 0.3 is 0 Å². The predicted molar refractivity (Wildman–Crippen MR) is 46.5 cm³/mol. The molecule has 1 N–H and O–H groups in total. The van der Waals surface area contributed by atoms with Crippen LogP contribution in [0.2, 0.25) is 0 Å². The molecular weight excluding hydrogens is 229 g/mol. The van der Waals surface area contributed by atoms with Crippen LogP contribution in [-0.2, 0) is 0 Å². The third kappa shape index (κ3) is 1.67. The maximum Gasteiger partial charge on any atom is 0.168 e. The Morgan fingerprint density at radius 1 is 1.06 bits per heavy atom. The molecule has 1 saturated heterocycles. The fraction of sp³-hybridized carbons (Fsp3) is 0.400. The predicted octanol–water partition coefficient (Wildman–Crippen LogP) is 2.47. The van der Waals surface area contributed by atoms with Crippen molar-refractivity contribution in [2.75, 3.05) is 13.1 Å². The highest BCUT2D eigenvalue weighted by Crippen LogP contribution is 2.34. The van der Waals surface area contributed by atoms with Crippen molar-refractivity contribution in [1.82, 2.24) is 5.32 Å². The van der Waals surface area contributed by atoms with E-state index in [9.17, 15) is 22.0 Å². The Kier molecular flexibility index (Phi) is 2.84. The molecule has 0 spiro atoms. The lowest BCUT2D eigenvalue weighted by Crippen LogP contribution is -2.44. The first-order chi connectivity index (χ1) is 7.52. The molecule has 6 heteroatoms. The number of rotatable bonds is 2. The van der Waals surface area contributed by atoms with Crippen molar-refractivity contribution < 1.29 is 22.0 Å². The summed E-state index contributed by atoms with van der Waals surface area (Å²) >= 11 is 0. The van der Waals surface area contributed by atoms with Gasteiger partial charge in [-0.2, -0.15) is 0 Å². The van der Waals surface area contributed by atoms with Crippen LogP contribution in [0.15, 0.2) is 6.07 Å². The highest BCUT2D eigenvalue weighted by Gasteiger charge is 2.34. The number of hydrogen-bond acceptors (Lipinski definition) is 1. The summed E-state index contributed by atoms with van der Waals surface area (Å²) in [6.07, 6.45) is -2.04. The standard InChI is InChI=1S/C10H8F5N/c11-5-1-6(12)10(15)7(9(5)14)8(13)4-2-16-3-4/h1,4,8,16H,2-3H2. The Labute approximate surface area is 88.3 Å². The van der Waals surface area contributed by atoms with Crippen LogP contribution in [0.4, 0.5) is 22.0 Å². The van der Waals surface area contributed by atoms with Gasteiger partial charge in [0.25, 0.3) is 0 Å². The summed E-state index contributed by atoms with van der Waals surface area (Å²) in [6, 6.07) is 0.0694. The van der Waals surface area contributed by atoms with Gasteiger partial charge in [-0.25, -0.2) is 22.0 Å². The first-order valence-corrected chi connectivity index (χ1v) is 4.70. The van der Waals surface area contributed by atoms with E-state index in [0.717, 1.165) is 0 Å². The molecule has 1 heterocycles. The quantitative estimate of drug-likeness (QED) is 0.615. The molecule has 0 saturated carbocycles. The average Bonchev–Trinajstić information content (AvgIpc) is 2.12. The fourth-order valence-electron chi connectivity index (χ4n) is 1.59. The van der Waals surface area contributed by atoms with Crippen LogP contribution in [-0.4, -0.2) is 13.1 Å². The minimum absolute atomic E-state index is 0.0694. The lowest BCUT2D eigenvalue weighted by molar-refractivity contribution is 0.160. The van der Waals surface area contributed by atoms with E-state index >= 15 is 0 Å². The van der Waals surface area contributed by atoms with E-state index in [1.807, 2.05) is 0 Å². The molecule has 1 atom stereocenters. The van der Waals surface area contributed by atoms with Gasteiger partial charge in [-0.3, -0.25) is 0 Å². The van der Waals surface area contributed by atoms with Gasteiger partial charge in [-0.05, 0) is 0 Å². The first kappa shape index (κ1) is 11.3. The summed E-state index contributed by atoms with van der Waals surface area (Å²) in [5, 5.41) is 2.71. The molecule has 1 fully saturated rings. The Bertz CT molecular complexity index is 390. The summed E-state index contributed by atoms with van der Waals surface area (Å²) < 4.78 is 65.6. The maximum atomic E-state index is 13.6. The zero-order chi connectivity index (χ0) is 11.9. The molecule has 0 aromatic heterocycles. The van der Waals surface area contributed by atoms with Crippen molar-refractivity contribution in [3.8, 4) is 0 Å². The Morgan fingerprint density at radius 2 is 1.56 bits per heavy atom. The highest BCUT2D eigenvalue weighted by atomic mass is 19.2. The van der Waals surface area contributed by atoms with Gasteiger partial charge in [0.2, 0.25) is 0 Å². The van der Waals surface area contributed by atoms with Crippen molar-refractivity contribution in [3.05, 3.63) is 34.9 Å². The zero-order valence-corrected chi connectivity index (χ0v) is 8.04. The van der Waals surface area contributed by atoms with E-state index in [-0.39, 0.29) is 19.2 Å². The van der Waals surface area contributed by atoms with Crippen molar-refractivity contribution in [1.29, 1.82) is 0 Å². The Hall–Kier alpha value is -1.17. The molecule has 0 amide bonds. The van der Waals surface area contributed by atoms with Crippen LogP contribution in [0.3, 0.4) is 0 Å². The molecule has 1 unspecified atom stereocenters. The number of benzene rings is 1. The lowest BCUT2D eigenvalue weighted by atomic mass is 9.91. The maximum absolute atomic E-state index is 13.6. The van der Waals surface area contributed by atoms with Crippen molar-refractivity contribution in [2.45, 2.75) is 6.17 Å². The first-order valence-electron chi connectivity index (χ1n) is 4.70. The molecule has 1 nitrogen and oxygen atoms in total. The summed E-state index contributed by atoms with van der Waals surface area (Å²) in [7, 11) is 0. The topological polar surface area (TPSA) is 12.0 Å². The minimum Gasteiger partial charge on any atom is -0.316 e. The third-order valence-electron chi connectivity index (χ3n) is 2.65. The summed E-state index contributed by atoms with van der Waals surface area (Å²) in [6.45, 7) is 0.469. The molecule has 1 aliphatic heterocycles. The molecule has 1 aromatic rings. The zero-order valence-electron chi connectivity index (χ0n) is 8.04. The lowest BCUT2D eigenvalue weighted by Gasteiger charge is -2.30. The van der Waals surface area contributed by atoms with Crippen LogP contribution < -0.4 is 5.32 Å². The molecule has 88 valence electrons. The summed E-state index contributed by atoms with van der Waals surface area (Å²) in [5.41, 5.74) is -1.15. The third-order valence-corrected chi connectivity index (χ3v) is 2.65. The molecule has 0 aliphatic carbocycles. The smallest absolute Gasteiger partial charge is 0.168 e. The van der Waals surface area contributed by atoms with Gasteiger partial charge in [0.15, 0.2) is 23.3 Å². The normalized spacial score (nSPS) is 18.3. The monoisotopic (exact) mass is 237 g/mol. The number of halogens is 5. The second kappa shape index (κ2) is 4.01. The van der Waals surface area contributed by atoms with Crippen LogP contribution in [0.5, 0.6) is 0 Å². The van der Waals surface area contributed by atoms with E-state index in [1.165, 1.54) is 0 Å². The van der Waals surface area contributed by atoms with Gasteiger partial charge in [-0.15, -0.1) is 0 Å². The van der Waals surface area contributed by atoms with Gasteiger partial charge in [0.05, 0.1) is 5.56 Å². The molecule has 0 bridgehead atoms. The molecule has 1 aliphatic rings. The fourth-order valence-corrected chi connectivity index (χ4v) is 1.59. The second-order valence-electron chi connectivity index (χ2n) is 3.70.